The van der Waals surface area contributed by atoms with Crippen LogP contribution in [0.15, 0.2) is 42.6 Å². The molecule has 3 heterocycles. The van der Waals surface area contributed by atoms with Crippen molar-refractivity contribution in [1.29, 1.82) is 0 Å². The average Bonchev–Trinajstić information content (AvgIpc) is 3.29. The number of thiazole rings is 1. The molecule has 1 fully saturated rings. The Morgan fingerprint density at radius 2 is 1.94 bits per heavy atom. The number of aliphatic carboxylic acids is 1. The number of aromatic nitrogens is 2. The number of carbonyl (C=O) groups is 2. The molecule has 10 heteroatoms. The standard InChI is InChI=1S/C26H28FN3O5S/c1-30(25(33)18(14-22(31)32)13-16-9-11-35-12-10-16)26-29-23(24(27)36-26)20-6-4-3-5-19(20)17-7-8-21(34-2)28-15-17/h3-8,15-16,18H,9-14H2,1-2H3,(H,31,32)/t18-/m1/s1. The van der Waals surface area contributed by atoms with Crippen molar-refractivity contribution in [1.82, 2.24) is 9.97 Å². The highest BCUT2D eigenvalue weighted by atomic mass is 32.1. The van der Waals surface area contributed by atoms with E-state index >= 15 is 4.39 Å². The Morgan fingerprint density at radius 3 is 2.58 bits per heavy atom. The second-order valence-electron chi connectivity index (χ2n) is 8.74. The minimum Gasteiger partial charge on any atom is -0.481 e. The summed E-state index contributed by atoms with van der Waals surface area (Å²) in [5, 5.41) is 9.05. The number of ether oxygens (including phenoxy) is 2. The molecule has 1 N–H and O–H groups in total. The number of carboxylic acids is 1. The quantitative estimate of drug-likeness (QED) is 0.435. The lowest BCUT2D eigenvalue weighted by Crippen LogP contribution is -2.35. The summed E-state index contributed by atoms with van der Waals surface area (Å²) >= 11 is 0.762. The van der Waals surface area contributed by atoms with E-state index < -0.39 is 17.0 Å². The van der Waals surface area contributed by atoms with Gasteiger partial charge < -0.3 is 14.6 Å². The van der Waals surface area contributed by atoms with E-state index in [9.17, 15) is 14.7 Å². The van der Waals surface area contributed by atoms with Crippen LogP contribution in [0.4, 0.5) is 9.52 Å². The van der Waals surface area contributed by atoms with Crippen molar-refractivity contribution in [2.75, 3.05) is 32.3 Å². The number of amides is 1. The molecule has 8 nitrogen and oxygen atoms in total. The van der Waals surface area contributed by atoms with Crippen molar-refractivity contribution in [3.63, 3.8) is 0 Å². The number of anilines is 1. The summed E-state index contributed by atoms with van der Waals surface area (Å²) in [6.45, 7) is 1.22. The second kappa shape index (κ2) is 11.6. The smallest absolute Gasteiger partial charge is 0.304 e. The zero-order valence-electron chi connectivity index (χ0n) is 20.1. The predicted molar refractivity (Wildman–Crippen MR) is 135 cm³/mol. The van der Waals surface area contributed by atoms with Crippen molar-refractivity contribution in [3.8, 4) is 28.3 Å². The summed E-state index contributed by atoms with van der Waals surface area (Å²) in [6.07, 6.45) is 3.40. The van der Waals surface area contributed by atoms with Crippen LogP contribution in [0.2, 0.25) is 0 Å². The molecule has 1 aliphatic rings. The van der Waals surface area contributed by atoms with Gasteiger partial charge in [0.1, 0.15) is 5.69 Å². The van der Waals surface area contributed by atoms with Gasteiger partial charge in [0.25, 0.3) is 0 Å². The predicted octanol–water partition coefficient (Wildman–Crippen LogP) is 4.89. The number of methoxy groups -OCH3 is 1. The number of hydrogen-bond donors (Lipinski definition) is 1. The van der Waals surface area contributed by atoms with Crippen LogP contribution in [0.1, 0.15) is 25.7 Å². The Bertz CT molecular complexity index is 1210. The monoisotopic (exact) mass is 513 g/mol. The minimum atomic E-state index is -1.04. The Hall–Kier alpha value is -3.37. The Morgan fingerprint density at radius 1 is 1.22 bits per heavy atom. The van der Waals surface area contributed by atoms with Crippen molar-refractivity contribution >= 4 is 28.3 Å². The van der Waals surface area contributed by atoms with E-state index in [1.165, 1.54) is 19.1 Å². The van der Waals surface area contributed by atoms with E-state index in [0.717, 1.165) is 35.3 Å². The number of carboxylic acid groups (broad SMARTS) is 1. The molecule has 4 rings (SSSR count). The van der Waals surface area contributed by atoms with E-state index in [1.807, 2.05) is 18.2 Å². The normalized spacial score (nSPS) is 14.9. The molecule has 1 atom stereocenters. The van der Waals surface area contributed by atoms with Crippen LogP contribution in [-0.2, 0) is 14.3 Å². The Labute approximate surface area is 212 Å². The van der Waals surface area contributed by atoms with Gasteiger partial charge in [-0.3, -0.25) is 14.5 Å². The maximum Gasteiger partial charge on any atom is 0.304 e. The fourth-order valence-corrected chi connectivity index (χ4v) is 5.21. The largest absolute Gasteiger partial charge is 0.481 e. The average molecular weight is 514 g/mol. The summed E-state index contributed by atoms with van der Waals surface area (Å²) < 4.78 is 25.7. The van der Waals surface area contributed by atoms with Crippen molar-refractivity contribution in [3.05, 3.63) is 47.7 Å². The van der Waals surface area contributed by atoms with Crippen LogP contribution in [-0.4, -0.2) is 54.3 Å². The number of pyridine rings is 1. The van der Waals surface area contributed by atoms with E-state index in [1.54, 1.807) is 24.4 Å². The molecule has 36 heavy (non-hydrogen) atoms. The van der Waals surface area contributed by atoms with E-state index in [-0.39, 0.29) is 29.1 Å². The number of rotatable bonds is 9. The number of carbonyl (C=O) groups excluding carboxylic acids is 1. The lowest BCUT2D eigenvalue weighted by Gasteiger charge is -2.27. The zero-order chi connectivity index (χ0) is 25.7. The molecule has 1 saturated heterocycles. The van der Waals surface area contributed by atoms with E-state index in [2.05, 4.69) is 9.97 Å². The lowest BCUT2D eigenvalue weighted by atomic mass is 9.86. The SMILES string of the molecule is COc1ccc(-c2ccccc2-c2nc(N(C)C(=O)[C@@H](CC(=O)O)CC3CCOCC3)sc2F)cn1. The molecule has 1 amide bonds. The molecule has 1 aliphatic heterocycles. The Balaban J connectivity index is 1.60. The molecule has 0 aliphatic carbocycles. The summed E-state index contributed by atoms with van der Waals surface area (Å²) in [5.41, 5.74) is 2.19. The first kappa shape index (κ1) is 25.7. The number of benzene rings is 1. The highest BCUT2D eigenvalue weighted by Gasteiger charge is 2.31. The van der Waals surface area contributed by atoms with Gasteiger partial charge in [0, 0.05) is 49.6 Å². The maximum absolute atomic E-state index is 15.2. The number of halogens is 1. The van der Waals surface area contributed by atoms with Gasteiger partial charge in [0.2, 0.25) is 16.9 Å². The van der Waals surface area contributed by atoms with Crippen LogP contribution in [0.5, 0.6) is 5.88 Å². The fraction of sp³-hybridized carbons (Fsp3) is 0.385. The number of hydrogen-bond acceptors (Lipinski definition) is 7. The highest BCUT2D eigenvalue weighted by Crippen LogP contribution is 2.38. The highest BCUT2D eigenvalue weighted by molar-refractivity contribution is 7.14. The number of nitrogens with zero attached hydrogens (tertiary/aromatic N) is 3. The van der Waals surface area contributed by atoms with Gasteiger partial charge in [0.15, 0.2) is 5.13 Å². The molecule has 190 valence electrons. The molecule has 3 aromatic rings. The third kappa shape index (κ3) is 5.88. The molecule has 0 radical (unpaired) electrons. The van der Waals surface area contributed by atoms with Crippen molar-refractivity contribution in [2.45, 2.75) is 25.7 Å². The Kier molecular flexibility index (Phi) is 8.27. The van der Waals surface area contributed by atoms with Gasteiger partial charge in [0.05, 0.1) is 13.5 Å². The zero-order valence-corrected chi connectivity index (χ0v) is 21.0. The van der Waals surface area contributed by atoms with Gasteiger partial charge in [-0.2, -0.15) is 4.39 Å². The first-order valence-corrected chi connectivity index (χ1v) is 12.5. The molecule has 0 spiro atoms. The first-order chi connectivity index (χ1) is 17.4. The topological polar surface area (TPSA) is 102 Å². The molecule has 0 saturated carbocycles. The van der Waals surface area contributed by atoms with Crippen LogP contribution in [0, 0.1) is 17.0 Å². The fourth-order valence-electron chi connectivity index (χ4n) is 4.44. The minimum absolute atomic E-state index is 0.125. The van der Waals surface area contributed by atoms with Gasteiger partial charge in [-0.25, -0.2) is 9.97 Å². The molecule has 1 aromatic carbocycles. The van der Waals surface area contributed by atoms with E-state index in [0.29, 0.717) is 31.1 Å². The van der Waals surface area contributed by atoms with Crippen molar-refractivity contribution in [2.24, 2.45) is 11.8 Å². The van der Waals surface area contributed by atoms with Crippen LogP contribution < -0.4 is 9.64 Å². The van der Waals surface area contributed by atoms with Crippen LogP contribution >= 0.6 is 11.3 Å². The molecule has 0 bridgehead atoms. The van der Waals surface area contributed by atoms with Gasteiger partial charge in [-0.15, -0.1) is 0 Å². The van der Waals surface area contributed by atoms with Gasteiger partial charge >= 0.3 is 5.97 Å². The molecular weight excluding hydrogens is 485 g/mol. The summed E-state index contributed by atoms with van der Waals surface area (Å²) in [5.74, 6) is -1.45. The third-order valence-corrected chi connectivity index (χ3v) is 7.28. The first-order valence-electron chi connectivity index (χ1n) is 11.7. The van der Waals surface area contributed by atoms with Crippen molar-refractivity contribution < 1.29 is 28.6 Å². The molecule has 2 aromatic heterocycles. The molecule has 0 unspecified atom stereocenters. The van der Waals surface area contributed by atoms with E-state index in [4.69, 9.17) is 9.47 Å². The second-order valence-corrected chi connectivity index (χ2v) is 9.66. The molecular formula is C26H28FN3O5S. The van der Waals surface area contributed by atoms with Gasteiger partial charge in [-0.1, -0.05) is 35.6 Å². The summed E-state index contributed by atoms with van der Waals surface area (Å²) in [4.78, 5) is 34.8. The maximum atomic E-state index is 15.2. The summed E-state index contributed by atoms with van der Waals surface area (Å²) in [6, 6.07) is 10.8. The lowest BCUT2D eigenvalue weighted by molar-refractivity contribution is -0.141. The summed E-state index contributed by atoms with van der Waals surface area (Å²) in [7, 11) is 3.05. The van der Waals surface area contributed by atoms with Crippen LogP contribution in [0.3, 0.4) is 0 Å². The van der Waals surface area contributed by atoms with Gasteiger partial charge in [-0.05, 0) is 36.8 Å². The third-order valence-electron chi connectivity index (χ3n) is 6.36. The van der Waals surface area contributed by atoms with Crippen LogP contribution in [0.25, 0.3) is 22.4 Å².